The number of rotatable bonds is 5. The molecule has 8 nitrogen and oxygen atoms in total. The summed E-state index contributed by atoms with van der Waals surface area (Å²) < 4.78 is 5.88. The number of aromatic nitrogens is 2. The van der Waals surface area contributed by atoms with Gasteiger partial charge in [0.05, 0.1) is 12.0 Å². The van der Waals surface area contributed by atoms with Gasteiger partial charge in [-0.15, -0.1) is 28.0 Å². The molecule has 2 heterocycles. The van der Waals surface area contributed by atoms with Crippen LogP contribution in [0.1, 0.15) is 32.5 Å². The average Bonchev–Trinajstić information content (AvgIpc) is 3.22. The maximum absolute atomic E-state index is 12.5. The van der Waals surface area contributed by atoms with E-state index in [0.29, 0.717) is 16.8 Å². The Hall–Kier alpha value is -2.91. The number of halogens is 1. The second kappa shape index (κ2) is 7.77. The molecule has 0 saturated carbocycles. The number of alkyl halides is 1. The second-order valence-corrected chi connectivity index (χ2v) is 6.68. The van der Waals surface area contributed by atoms with Crippen molar-refractivity contribution < 1.29 is 24.2 Å². The fourth-order valence-corrected chi connectivity index (χ4v) is 3.46. The molecule has 0 aliphatic carbocycles. The van der Waals surface area contributed by atoms with Gasteiger partial charge >= 0.3 is 12.1 Å². The van der Waals surface area contributed by atoms with Crippen molar-refractivity contribution >= 4 is 56.9 Å². The van der Waals surface area contributed by atoms with Crippen molar-refractivity contribution in [3.8, 4) is 0 Å². The maximum Gasteiger partial charge on any atom is 0.436 e. The molecule has 140 valence electrons. The van der Waals surface area contributed by atoms with Crippen LogP contribution in [0.2, 0.25) is 0 Å². The number of hydrogen-bond donors (Lipinski definition) is 2. The first kappa shape index (κ1) is 18.9. The van der Waals surface area contributed by atoms with Crippen LogP contribution < -0.4 is 5.32 Å². The van der Waals surface area contributed by atoms with Gasteiger partial charge in [-0.25, -0.2) is 9.59 Å². The van der Waals surface area contributed by atoms with Gasteiger partial charge in [-0.1, -0.05) is 12.1 Å². The highest BCUT2D eigenvalue weighted by molar-refractivity contribution is 7.20. The van der Waals surface area contributed by atoms with Crippen LogP contribution in [0.15, 0.2) is 30.3 Å². The molecule has 27 heavy (non-hydrogen) atoms. The molecule has 10 heteroatoms. The summed E-state index contributed by atoms with van der Waals surface area (Å²) in [4.78, 5) is 36.1. The number of carboxylic acid groups (broad SMARTS) is 1. The van der Waals surface area contributed by atoms with Gasteiger partial charge in [-0.3, -0.25) is 4.79 Å². The molecule has 1 amide bonds. The number of aromatic carboxylic acids is 1. The Morgan fingerprint density at radius 2 is 2.00 bits per heavy atom. The minimum absolute atomic E-state index is 0.0161. The number of nitrogens with zero attached hydrogens (tertiary/aromatic N) is 2. The number of fused-ring (bicyclic) bond motifs is 1. The van der Waals surface area contributed by atoms with E-state index in [1.165, 1.54) is 6.07 Å². The molecule has 0 bridgehead atoms. The predicted octanol–water partition coefficient (Wildman–Crippen LogP) is 3.79. The lowest BCUT2D eigenvalue weighted by atomic mass is 10.1. The van der Waals surface area contributed by atoms with Crippen molar-refractivity contribution in [1.29, 1.82) is 0 Å². The highest BCUT2D eigenvalue weighted by Crippen LogP contribution is 2.32. The second-order valence-electron chi connectivity index (χ2n) is 5.38. The lowest BCUT2D eigenvalue weighted by Gasteiger charge is -2.04. The molecule has 0 radical (unpaired) electrons. The molecule has 0 spiro atoms. The van der Waals surface area contributed by atoms with E-state index in [4.69, 9.17) is 16.3 Å². The van der Waals surface area contributed by atoms with E-state index in [-0.39, 0.29) is 22.1 Å². The van der Waals surface area contributed by atoms with Crippen molar-refractivity contribution in [3.05, 3.63) is 46.3 Å². The van der Waals surface area contributed by atoms with Crippen molar-refractivity contribution in [1.82, 2.24) is 9.78 Å². The van der Waals surface area contributed by atoms with Crippen LogP contribution in [0.25, 0.3) is 10.2 Å². The van der Waals surface area contributed by atoms with Gasteiger partial charge in [0.15, 0.2) is 5.82 Å². The van der Waals surface area contributed by atoms with Crippen molar-refractivity contribution in [2.24, 2.45) is 0 Å². The predicted molar refractivity (Wildman–Crippen MR) is 101 cm³/mol. The van der Waals surface area contributed by atoms with Crippen LogP contribution in [-0.4, -0.2) is 39.5 Å². The zero-order chi connectivity index (χ0) is 19.6. The van der Waals surface area contributed by atoms with Crippen LogP contribution in [0.4, 0.5) is 10.6 Å². The highest BCUT2D eigenvalue weighted by Gasteiger charge is 2.23. The van der Waals surface area contributed by atoms with Gasteiger partial charge in [0.1, 0.15) is 9.71 Å². The van der Waals surface area contributed by atoms with Crippen LogP contribution in [0.5, 0.6) is 0 Å². The summed E-state index contributed by atoms with van der Waals surface area (Å²) in [6.45, 7) is 1.77. The van der Waals surface area contributed by atoms with Gasteiger partial charge in [0, 0.05) is 11.4 Å². The SMILES string of the molecule is CCOC(=O)n1nc(NC(=O)c2ccc(CCl)cc2)c2cc(C(=O)O)sc21. The largest absolute Gasteiger partial charge is 0.477 e. The van der Waals surface area contributed by atoms with E-state index in [1.807, 2.05) is 0 Å². The van der Waals surface area contributed by atoms with Gasteiger partial charge < -0.3 is 15.2 Å². The summed E-state index contributed by atoms with van der Waals surface area (Å²) in [5.74, 6) is -1.18. The molecule has 0 aliphatic rings. The summed E-state index contributed by atoms with van der Waals surface area (Å²) >= 11 is 6.60. The highest BCUT2D eigenvalue weighted by atomic mass is 35.5. The van der Waals surface area contributed by atoms with Crippen LogP contribution >= 0.6 is 22.9 Å². The molecule has 2 aromatic heterocycles. The molecule has 2 N–H and O–H groups in total. The molecule has 0 aliphatic heterocycles. The Balaban J connectivity index is 1.98. The summed E-state index contributed by atoms with van der Waals surface area (Å²) in [6.07, 6.45) is -0.756. The summed E-state index contributed by atoms with van der Waals surface area (Å²) in [6, 6.07) is 8.03. The first-order valence-corrected chi connectivity index (χ1v) is 9.19. The van der Waals surface area contributed by atoms with Crippen molar-refractivity contribution in [2.75, 3.05) is 11.9 Å². The monoisotopic (exact) mass is 407 g/mol. The number of benzene rings is 1. The molecule has 0 atom stereocenters. The number of amides is 1. The normalized spacial score (nSPS) is 10.7. The van der Waals surface area contributed by atoms with Gasteiger partial charge in [0.2, 0.25) is 0 Å². The first-order valence-electron chi connectivity index (χ1n) is 7.83. The van der Waals surface area contributed by atoms with E-state index >= 15 is 0 Å². The quantitative estimate of drug-likeness (QED) is 0.622. The third-order valence-electron chi connectivity index (χ3n) is 3.61. The van der Waals surface area contributed by atoms with Gasteiger partial charge in [-0.05, 0) is 30.7 Å². The molecule has 0 unspecified atom stereocenters. The summed E-state index contributed by atoms with van der Waals surface area (Å²) in [5.41, 5.74) is 1.24. The van der Waals surface area contributed by atoms with Crippen LogP contribution in [0.3, 0.4) is 0 Å². The van der Waals surface area contributed by atoms with E-state index in [0.717, 1.165) is 21.6 Å². The average molecular weight is 408 g/mol. The van der Waals surface area contributed by atoms with E-state index in [2.05, 4.69) is 10.4 Å². The first-order chi connectivity index (χ1) is 12.9. The third-order valence-corrected chi connectivity index (χ3v) is 5.02. The number of anilines is 1. The third kappa shape index (κ3) is 3.79. The molecular formula is C17H14ClN3O5S. The molecule has 0 saturated heterocycles. The Bertz CT molecular complexity index is 1030. The van der Waals surface area contributed by atoms with Crippen LogP contribution in [0, 0.1) is 0 Å². The fourth-order valence-electron chi connectivity index (χ4n) is 2.34. The molecule has 3 rings (SSSR count). The molecule has 1 aromatic carbocycles. The Morgan fingerprint density at radius 3 is 2.59 bits per heavy atom. The van der Waals surface area contributed by atoms with E-state index in [9.17, 15) is 19.5 Å². The smallest absolute Gasteiger partial charge is 0.436 e. The van der Waals surface area contributed by atoms with Gasteiger partial charge in [-0.2, -0.15) is 4.68 Å². The van der Waals surface area contributed by atoms with E-state index < -0.39 is 18.0 Å². The van der Waals surface area contributed by atoms with Crippen molar-refractivity contribution in [2.45, 2.75) is 12.8 Å². The number of hydrogen-bond acceptors (Lipinski definition) is 6. The van der Waals surface area contributed by atoms with Gasteiger partial charge in [0.25, 0.3) is 5.91 Å². The Morgan fingerprint density at radius 1 is 1.30 bits per heavy atom. The number of thiophene rings is 1. The number of carbonyl (C=O) groups excluding carboxylic acids is 2. The molecular weight excluding hydrogens is 394 g/mol. The zero-order valence-electron chi connectivity index (χ0n) is 14.1. The van der Waals surface area contributed by atoms with Crippen molar-refractivity contribution in [3.63, 3.8) is 0 Å². The lowest BCUT2D eigenvalue weighted by molar-refractivity contribution is 0.0702. The topological polar surface area (TPSA) is 111 Å². The zero-order valence-corrected chi connectivity index (χ0v) is 15.6. The standard InChI is InChI=1S/C17H14ClN3O5S/c1-2-26-17(25)21-15-11(7-12(27-15)16(23)24)13(20-21)19-14(22)10-5-3-9(8-18)4-6-10/h3-7H,2,8H2,1H3,(H,23,24)(H,19,20,22). The fraction of sp³-hybridized carbons (Fsp3) is 0.176. The Kier molecular flexibility index (Phi) is 5.43. The number of carbonyl (C=O) groups is 3. The molecule has 3 aromatic rings. The molecule has 0 fully saturated rings. The number of carboxylic acids is 1. The summed E-state index contributed by atoms with van der Waals surface area (Å²) in [7, 11) is 0. The summed E-state index contributed by atoms with van der Waals surface area (Å²) in [5, 5.41) is 16.2. The number of ether oxygens (including phenoxy) is 1. The Labute approximate surface area is 162 Å². The minimum Gasteiger partial charge on any atom is -0.477 e. The van der Waals surface area contributed by atoms with E-state index in [1.54, 1.807) is 31.2 Å². The lowest BCUT2D eigenvalue weighted by Crippen LogP contribution is -2.16. The minimum atomic E-state index is -1.14. The number of nitrogens with one attached hydrogen (secondary N) is 1. The maximum atomic E-state index is 12.5. The van der Waals surface area contributed by atoms with Crippen LogP contribution in [-0.2, 0) is 10.6 Å².